The third kappa shape index (κ3) is 4.15. The summed E-state index contributed by atoms with van der Waals surface area (Å²) in [6.45, 7) is 5.65. The average molecular weight is 359 g/mol. The zero-order chi connectivity index (χ0) is 18.0. The summed E-state index contributed by atoms with van der Waals surface area (Å²) in [6.07, 6.45) is 4.98. The topological polar surface area (TPSA) is 58.2 Å². The second-order valence-electron chi connectivity index (χ2n) is 7.04. The summed E-state index contributed by atoms with van der Waals surface area (Å²) in [5.74, 6) is 0. The first-order chi connectivity index (χ1) is 11.8. The van der Waals surface area contributed by atoms with Crippen LogP contribution in [-0.4, -0.2) is 14.5 Å². The first-order valence-electron chi connectivity index (χ1n) is 8.82. The molecule has 2 aromatic rings. The Hall–Kier alpha value is -2.01. The van der Waals surface area contributed by atoms with Crippen molar-refractivity contribution in [3.8, 4) is 0 Å². The smallest absolute Gasteiger partial charge is 0.262 e. The van der Waals surface area contributed by atoms with Crippen molar-refractivity contribution in [2.75, 3.05) is 10.0 Å². The first-order valence-corrected chi connectivity index (χ1v) is 10.3. The van der Waals surface area contributed by atoms with Crippen LogP contribution in [0.5, 0.6) is 0 Å². The van der Waals surface area contributed by atoms with E-state index in [-0.39, 0.29) is 0 Å². The van der Waals surface area contributed by atoms with Crippen molar-refractivity contribution in [3.05, 3.63) is 53.1 Å². The van der Waals surface area contributed by atoms with Gasteiger partial charge in [-0.25, -0.2) is 8.42 Å². The molecule has 134 valence electrons. The summed E-state index contributed by atoms with van der Waals surface area (Å²) in [5.41, 5.74) is 4.22. The minimum atomic E-state index is -3.60. The van der Waals surface area contributed by atoms with Crippen molar-refractivity contribution < 1.29 is 8.42 Å². The van der Waals surface area contributed by atoms with Crippen LogP contribution in [0.3, 0.4) is 0 Å². The van der Waals surface area contributed by atoms with Gasteiger partial charge in [-0.15, -0.1) is 0 Å². The maximum absolute atomic E-state index is 12.8. The molecule has 0 atom stereocenters. The quantitative estimate of drug-likeness (QED) is 0.809. The number of sulfonamides is 1. The van der Waals surface area contributed by atoms with Crippen molar-refractivity contribution in [2.45, 2.75) is 57.4 Å². The normalized spacial score (nSPS) is 15.3. The zero-order valence-electron chi connectivity index (χ0n) is 15.1. The number of nitrogens with one attached hydrogen (secondary N) is 2. The monoisotopic (exact) mass is 358 g/mol. The summed E-state index contributed by atoms with van der Waals surface area (Å²) < 4.78 is 28.3. The molecule has 2 N–H and O–H groups in total. The van der Waals surface area contributed by atoms with Gasteiger partial charge in [0, 0.05) is 17.4 Å². The van der Waals surface area contributed by atoms with Crippen LogP contribution in [0.15, 0.2) is 41.3 Å². The van der Waals surface area contributed by atoms with Crippen molar-refractivity contribution in [3.63, 3.8) is 0 Å². The lowest BCUT2D eigenvalue weighted by Crippen LogP contribution is -2.16. The molecule has 2 aromatic carbocycles. The summed E-state index contributed by atoms with van der Waals surface area (Å²) >= 11 is 0. The molecule has 1 aliphatic carbocycles. The lowest BCUT2D eigenvalue weighted by Gasteiger charge is -2.16. The van der Waals surface area contributed by atoms with Crippen LogP contribution >= 0.6 is 0 Å². The minimum absolute atomic E-state index is 0.367. The van der Waals surface area contributed by atoms with Crippen molar-refractivity contribution in [1.82, 2.24) is 0 Å². The maximum Gasteiger partial charge on any atom is 0.262 e. The van der Waals surface area contributed by atoms with Gasteiger partial charge in [0.15, 0.2) is 0 Å². The van der Waals surface area contributed by atoms with Gasteiger partial charge in [0.2, 0.25) is 0 Å². The van der Waals surface area contributed by atoms with Gasteiger partial charge in [-0.1, -0.05) is 30.5 Å². The third-order valence-electron chi connectivity index (χ3n) is 4.74. The number of hydrogen-bond acceptors (Lipinski definition) is 3. The molecule has 0 unspecified atom stereocenters. The fourth-order valence-corrected chi connectivity index (χ4v) is 5.25. The van der Waals surface area contributed by atoms with E-state index in [4.69, 9.17) is 0 Å². The number of aryl methyl sites for hydroxylation is 3. The maximum atomic E-state index is 12.8. The predicted molar refractivity (Wildman–Crippen MR) is 104 cm³/mol. The Morgan fingerprint density at radius 2 is 1.40 bits per heavy atom. The number of rotatable bonds is 5. The second kappa shape index (κ2) is 7.08. The molecule has 25 heavy (non-hydrogen) atoms. The van der Waals surface area contributed by atoms with Crippen LogP contribution < -0.4 is 10.0 Å². The van der Waals surface area contributed by atoms with Crippen molar-refractivity contribution in [1.29, 1.82) is 0 Å². The molecule has 3 rings (SSSR count). The van der Waals surface area contributed by atoms with Crippen LogP contribution in [-0.2, 0) is 10.0 Å². The van der Waals surface area contributed by atoms with E-state index in [9.17, 15) is 8.42 Å². The number of anilines is 2. The van der Waals surface area contributed by atoms with Gasteiger partial charge >= 0.3 is 0 Å². The van der Waals surface area contributed by atoms with E-state index in [0.717, 1.165) is 22.4 Å². The van der Waals surface area contributed by atoms with Crippen LogP contribution in [0.1, 0.15) is 42.4 Å². The average Bonchev–Trinajstić information content (AvgIpc) is 3.00. The van der Waals surface area contributed by atoms with Gasteiger partial charge in [0.05, 0.1) is 4.90 Å². The Morgan fingerprint density at radius 1 is 0.880 bits per heavy atom. The van der Waals surface area contributed by atoms with Crippen LogP contribution in [0.25, 0.3) is 0 Å². The van der Waals surface area contributed by atoms with Gasteiger partial charge < -0.3 is 5.32 Å². The van der Waals surface area contributed by atoms with E-state index >= 15 is 0 Å². The summed E-state index contributed by atoms with van der Waals surface area (Å²) in [6, 6.07) is 11.8. The SMILES string of the molecule is Cc1cc(C)c(S(=O)(=O)Nc2ccc(NC3CCCC3)cc2)c(C)c1. The molecule has 1 aliphatic rings. The predicted octanol–water partition coefficient (Wildman–Crippen LogP) is 4.77. The highest BCUT2D eigenvalue weighted by Gasteiger charge is 2.20. The largest absolute Gasteiger partial charge is 0.382 e. The lowest BCUT2D eigenvalue weighted by molar-refractivity contribution is 0.600. The zero-order valence-corrected chi connectivity index (χ0v) is 15.9. The van der Waals surface area contributed by atoms with E-state index in [1.54, 1.807) is 0 Å². The van der Waals surface area contributed by atoms with Gasteiger partial charge in [-0.2, -0.15) is 0 Å². The van der Waals surface area contributed by atoms with E-state index < -0.39 is 10.0 Å². The lowest BCUT2D eigenvalue weighted by atomic mass is 10.1. The molecule has 0 amide bonds. The van der Waals surface area contributed by atoms with Crippen molar-refractivity contribution >= 4 is 21.4 Å². The van der Waals surface area contributed by atoms with Crippen molar-refractivity contribution in [2.24, 2.45) is 0 Å². The molecule has 0 bridgehead atoms. The van der Waals surface area contributed by atoms with E-state index in [1.165, 1.54) is 25.7 Å². The van der Waals surface area contributed by atoms with E-state index in [2.05, 4.69) is 10.0 Å². The molecular weight excluding hydrogens is 332 g/mol. The Bertz CT molecular complexity index is 829. The molecule has 4 nitrogen and oxygen atoms in total. The highest BCUT2D eigenvalue weighted by molar-refractivity contribution is 7.92. The molecule has 0 heterocycles. The molecule has 0 saturated heterocycles. The van der Waals surface area contributed by atoms with Gasteiger partial charge in [0.1, 0.15) is 0 Å². The Kier molecular flexibility index (Phi) is 5.04. The number of hydrogen-bond donors (Lipinski definition) is 2. The van der Waals surface area contributed by atoms with E-state index in [1.807, 2.05) is 57.2 Å². The molecular formula is C20H26N2O2S. The Labute approximate surface area is 150 Å². The fraction of sp³-hybridized carbons (Fsp3) is 0.400. The Morgan fingerprint density at radius 3 is 1.96 bits per heavy atom. The fourth-order valence-electron chi connectivity index (χ4n) is 3.74. The summed E-state index contributed by atoms with van der Waals surface area (Å²) in [5, 5.41) is 3.51. The molecule has 0 aromatic heterocycles. The standard InChI is InChI=1S/C20H26N2O2S/c1-14-12-15(2)20(16(3)13-14)25(23,24)22-19-10-8-18(9-11-19)21-17-6-4-5-7-17/h8-13,17,21-22H,4-7H2,1-3H3. The molecule has 5 heteroatoms. The summed E-state index contributed by atoms with van der Waals surface area (Å²) in [7, 11) is -3.60. The molecule has 0 aliphatic heterocycles. The first kappa shape index (κ1) is 17.8. The third-order valence-corrected chi connectivity index (χ3v) is 6.42. The van der Waals surface area contributed by atoms with E-state index in [0.29, 0.717) is 16.6 Å². The van der Waals surface area contributed by atoms with Crippen LogP contribution in [0.4, 0.5) is 11.4 Å². The Balaban J connectivity index is 1.77. The molecule has 0 spiro atoms. The minimum Gasteiger partial charge on any atom is -0.382 e. The molecule has 1 fully saturated rings. The molecule has 1 saturated carbocycles. The second-order valence-corrected chi connectivity index (χ2v) is 8.66. The van der Waals surface area contributed by atoms with Crippen LogP contribution in [0, 0.1) is 20.8 Å². The molecule has 0 radical (unpaired) electrons. The number of benzene rings is 2. The van der Waals surface area contributed by atoms with Gasteiger partial charge in [0.25, 0.3) is 10.0 Å². The van der Waals surface area contributed by atoms with Gasteiger partial charge in [-0.05, 0) is 69.0 Å². The van der Waals surface area contributed by atoms with Gasteiger partial charge in [-0.3, -0.25) is 4.72 Å². The van der Waals surface area contributed by atoms with Crippen LogP contribution in [0.2, 0.25) is 0 Å². The highest BCUT2D eigenvalue weighted by Crippen LogP contribution is 2.26. The highest BCUT2D eigenvalue weighted by atomic mass is 32.2. The summed E-state index contributed by atoms with van der Waals surface area (Å²) in [4.78, 5) is 0.367.